The molecule has 1 N–H and O–H groups in total. The van der Waals surface area contributed by atoms with Crippen LogP contribution in [0.4, 0.5) is 0 Å². The molecule has 0 rings (SSSR count). The van der Waals surface area contributed by atoms with Crippen LogP contribution in [0.3, 0.4) is 0 Å². The Balaban J connectivity index is 3.36. The van der Waals surface area contributed by atoms with Gasteiger partial charge in [0.2, 0.25) is 0 Å². The summed E-state index contributed by atoms with van der Waals surface area (Å²) in [5, 5.41) is 9.49. The van der Waals surface area contributed by atoms with Crippen molar-refractivity contribution in [2.45, 2.75) is 59.0 Å². The molecule has 13 heavy (non-hydrogen) atoms. The third kappa shape index (κ3) is 9.62. The zero-order valence-corrected chi connectivity index (χ0v) is 9.29. The lowest BCUT2D eigenvalue weighted by Gasteiger charge is -2.07. The van der Waals surface area contributed by atoms with Crippen molar-refractivity contribution in [2.24, 2.45) is 5.92 Å². The normalized spacial score (nSPS) is 14.2. The van der Waals surface area contributed by atoms with E-state index in [9.17, 15) is 5.11 Å². The molecule has 0 fully saturated rings. The van der Waals surface area contributed by atoms with Gasteiger partial charge in [0.25, 0.3) is 0 Å². The van der Waals surface area contributed by atoms with Gasteiger partial charge in [-0.25, -0.2) is 0 Å². The van der Waals surface area contributed by atoms with Crippen LogP contribution in [0.15, 0.2) is 12.2 Å². The van der Waals surface area contributed by atoms with E-state index in [1.807, 2.05) is 6.08 Å². The number of aliphatic hydroxyl groups excluding tert-OH is 1. The van der Waals surface area contributed by atoms with Crippen molar-refractivity contribution in [1.82, 2.24) is 0 Å². The summed E-state index contributed by atoms with van der Waals surface area (Å²) < 4.78 is 0. The van der Waals surface area contributed by atoms with Gasteiger partial charge in [0, 0.05) is 0 Å². The number of aliphatic hydroxyl groups is 1. The Morgan fingerprint density at radius 2 is 1.92 bits per heavy atom. The average Bonchev–Trinajstić information content (AvgIpc) is 2.02. The van der Waals surface area contributed by atoms with Crippen molar-refractivity contribution in [2.75, 3.05) is 0 Å². The minimum atomic E-state index is -0.235. The molecule has 0 spiro atoms. The van der Waals surface area contributed by atoms with E-state index in [4.69, 9.17) is 0 Å². The van der Waals surface area contributed by atoms with Crippen molar-refractivity contribution >= 4 is 0 Å². The van der Waals surface area contributed by atoms with Gasteiger partial charge in [-0.1, -0.05) is 45.8 Å². The van der Waals surface area contributed by atoms with Gasteiger partial charge >= 0.3 is 0 Å². The number of allylic oxidation sites excluding steroid dienone is 1. The van der Waals surface area contributed by atoms with Crippen molar-refractivity contribution < 1.29 is 5.11 Å². The number of hydrogen-bond donors (Lipinski definition) is 1. The summed E-state index contributed by atoms with van der Waals surface area (Å²) in [4.78, 5) is 0. The second kappa shape index (κ2) is 8.31. The third-order valence-electron chi connectivity index (χ3n) is 2.05. The summed E-state index contributed by atoms with van der Waals surface area (Å²) in [7, 11) is 0. The molecule has 0 heterocycles. The van der Waals surface area contributed by atoms with E-state index in [-0.39, 0.29) is 6.10 Å². The number of hydrogen-bond acceptors (Lipinski definition) is 1. The van der Waals surface area contributed by atoms with E-state index in [1.165, 1.54) is 19.3 Å². The van der Waals surface area contributed by atoms with Crippen molar-refractivity contribution in [3.05, 3.63) is 12.2 Å². The molecule has 0 aromatic heterocycles. The van der Waals surface area contributed by atoms with Crippen LogP contribution in [0.2, 0.25) is 0 Å². The topological polar surface area (TPSA) is 20.2 Å². The Morgan fingerprint density at radius 1 is 1.23 bits per heavy atom. The second-order valence-corrected chi connectivity index (χ2v) is 4.12. The fraction of sp³-hybridized carbons (Fsp3) is 0.833. The molecule has 78 valence electrons. The second-order valence-electron chi connectivity index (χ2n) is 4.12. The highest BCUT2D eigenvalue weighted by Crippen LogP contribution is 2.06. The van der Waals surface area contributed by atoms with Crippen LogP contribution in [0, 0.1) is 5.92 Å². The molecule has 0 saturated carbocycles. The summed E-state index contributed by atoms with van der Waals surface area (Å²) >= 11 is 0. The molecule has 0 aliphatic carbocycles. The molecule has 1 nitrogen and oxygen atoms in total. The van der Waals surface area contributed by atoms with Gasteiger partial charge in [-0.15, -0.1) is 0 Å². The minimum absolute atomic E-state index is 0.235. The first-order valence-corrected chi connectivity index (χ1v) is 5.51. The van der Waals surface area contributed by atoms with Gasteiger partial charge in [-0.2, -0.15) is 0 Å². The lowest BCUT2D eigenvalue weighted by molar-refractivity contribution is 0.194. The van der Waals surface area contributed by atoms with E-state index < -0.39 is 0 Å². The maximum absolute atomic E-state index is 9.49. The van der Waals surface area contributed by atoms with Crippen LogP contribution in [0.1, 0.15) is 52.9 Å². The Morgan fingerprint density at radius 3 is 2.46 bits per heavy atom. The summed E-state index contributed by atoms with van der Waals surface area (Å²) in [5.41, 5.74) is 0. The van der Waals surface area contributed by atoms with Gasteiger partial charge < -0.3 is 5.11 Å². The van der Waals surface area contributed by atoms with Gasteiger partial charge in [-0.3, -0.25) is 0 Å². The zero-order chi connectivity index (χ0) is 10.1. The molecule has 0 aromatic rings. The molecule has 0 radical (unpaired) electrons. The maximum Gasteiger partial charge on any atom is 0.0723 e. The van der Waals surface area contributed by atoms with Crippen LogP contribution in [0.25, 0.3) is 0 Å². The molecule has 1 heteroatoms. The van der Waals surface area contributed by atoms with Gasteiger partial charge in [0.1, 0.15) is 0 Å². The van der Waals surface area contributed by atoms with Crippen LogP contribution in [-0.2, 0) is 0 Å². The predicted molar refractivity (Wildman–Crippen MR) is 58.7 cm³/mol. The zero-order valence-electron chi connectivity index (χ0n) is 9.29. The van der Waals surface area contributed by atoms with Gasteiger partial charge in [-0.05, 0) is 25.2 Å². The van der Waals surface area contributed by atoms with E-state index >= 15 is 0 Å². The summed E-state index contributed by atoms with van der Waals surface area (Å²) in [6.07, 6.45) is 9.63. The lowest BCUT2D eigenvalue weighted by atomic mass is 10.1. The molecule has 0 aromatic carbocycles. The first kappa shape index (κ1) is 12.7. The Labute approximate surface area is 82.9 Å². The highest BCUT2D eigenvalue weighted by atomic mass is 16.3. The third-order valence-corrected chi connectivity index (χ3v) is 2.05. The Hall–Kier alpha value is -0.300. The van der Waals surface area contributed by atoms with Crippen LogP contribution >= 0.6 is 0 Å². The monoisotopic (exact) mass is 184 g/mol. The minimum Gasteiger partial charge on any atom is -0.389 e. The van der Waals surface area contributed by atoms with Crippen molar-refractivity contribution in [3.8, 4) is 0 Å². The summed E-state index contributed by atoms with van der Waals surface area (Å²) in [6, 6.07) is 0. The van der Waals surface area contributed by atoms with Gasteiger partial charge in [0.05, 0.1) is 6.10 Å². The first-order valence-electron chi connectivity index (χ1n) is 5.51. The molecule has 0 bridgehead atoms. The first-order chi connectivity index (χ1) is 6.16. The van der Waals surface area contributed by atoms with E-state index in [2.05, 4.69) is 26.8 Å². The maximum atomic E-state index is 9.49. The highest BCUT2D eigenvalue weighted by molar-refractivity contribution is 4.88. The largest absolute Gasteiger partial charge is 0.389 e. The molecule has 1 unspecified atom stereocenters. The molecule has 1 atom stereocenters. The summed E-state index contributed by atoms with van der Waals surface area (Å²) in [5.74, 6) is 0.579. The Bertz CT molecular complexity index is 127. The van der Waals surface area contributed by atoms with Crippen LogP contribution < -0.4 is 0 Å². The smallest absolute Gasteiger partial charge is 0.0723 e. The molecular weight excluding hydrogens is 160 g/mol. The number of unbranched alkanes of at least 4 members (excludes halogenated alkanes) is 3. The van der Waals surface area contributed by atoms with Gasteiger partial charge in [0.15, 0.2) is 0 Å². The fourth-order valence-electron chi connectivity index (χ4n) is 1.33. The van der Waals surface area contributed by atoms with E-state index in [0.29, 0.717) is 5.92 Å². The fourth-order valence-corrected chi connectivity index (χ4v) is 1.33. The lowest BCUT2D eigenvalue weighted by Crippen LogP contribution is -2.05. The predicted octanol–water partition coefficient (Wildman–Crippen LogP) is 3.53. The van der Waals surface area contributed by atoms with Crippen LogP contribution in [-0.4, -0.2) is 11.2 Å². The average molecular weight is 184 g/mol. The number of rotatable bonds is 7. The standard InChI is InChI=1S/C12H24O/c1-4-5-6-7-8-9-12(13)10-11(2)3/h8-9,11-13H,4-7,10H2,1-3H3/b9-8+. The molecule has 0 aliphatic rings. The molecule has 0 saturated heterocycles. The SMILES string of the molecule is CCCCC/C=C/C(O)CC(C)C. The quantitative estimate of drug-likeness (QED) is 0.474. The molecule has 0 aliphatic heterocycles. The van der Waals surface area contributed by atoms with Crippen LogP contribution in [0.5, 0.6) is 0 Å². The van der Waals surface area contributed by atoms with E-state index in [1.54, 1.807) is 0 Å². The molecular formula is C12H24O. The molecule has 0 amide bonds. The Kier molecular flexibility index (Phi) is 8.11. The van der Waals surface area contributed by atoms with Crippen molar-refractivity contribution in [3.63, 3.8) is 0 Å². The van der Waals surface area contributed by atoms with E-state index in [0.717, 1.165) is 12.8 Å². The highest BCUT2D eigenvalue weighted by Gasteiger charge is 2.01. The van der Waals surface area contributed by atoms with Crippen molar-refractivity contribution in [1.29, 1.82) is 0 Å². The summed E-state index contributed by atoms with van der Waals surface area (Å²) in [6.45, 7) is 6.47.